The Hall–Kier alpha value is -1.79. The summed E-state index contributed by atoms with van der Waals surface area (Å²) in [6, 6.07) is 7.84. The number of hydrogen-bond donors (Lipinski definition) is 0. The molecule has 0 spiro atoms. The highest BCUT2D eigenvalue weighted by Crippen LogP contribution is 2.39. The number of halogens is 1. The summed E-state index contributed by atoms with van der Waals surface area (Å²) in [6.07, 6.45) is 4.82. The van der Waals surface area contributed by atoms with Crippen LogP contribution in [0.1, 0.15) is 32.6 Å². The van der Waals surface area contributed by atoms with Crippen LogP contribution in [0.3, 0.4) is 0 Å². The minimum absolute atomic E-state index is 0.0205. The van der Waals surface area contributed by atoms with E-state index in [1.54, 1.807) is 24.3 Å². The van der Waals surface area contributed by atoms with Gasteiger partial charge in [-0.15, -0.1) is 0 Å². The van der Waals surface area contributed by atoms with Crippen LogP contribution in [-0.2, 0) is 9.59 Å². The Morgan fingerprint density at radius 1 is 1.10 bits per heavy atom. The molecule has 4 rings (SSSR count). The number of piperazine rings is 1. The second-order valence-electron chi connectivity index (χ2n) is 8.51. The van der Waals surface area contributed by atoms with Gasteiger partial charge in [0.1, 0.15) is 5.75 Å². The summed E-state index contributed by atoms with van der Waals surface area (Å²) in [4.78, 5) is 31.5. The van der Waals surface area contributed by atoms with E-state index in [-0.39, 0.29) is 18.4 Å². The number of ether oxygens (including phenoxy) is 1. The zero-order chi connectivity index (χ0) is 20.4. The first kappa shape index (κ1) is 20.5. The molecule has 1 aromatic rings. The fourth-order valence-corrected chi connectivity index (χ4v) is 4.24. The highest BCUT2D eigenvalue weighted by atomic mass is 35.5. The molecule has 2 amide bonds. The molecule has 158 valence electrons. The van der Waals surface area contributed by atoms with Crippen LogP contribution in [0.4, 0.5) is 0 Å². The second-order valence-corrected chi connectivity index (χ2v) is 8.95. The number of amides is 2. The van der Waals surface area contributed by atoms with Crippen LogP contribution in [-0.4, -0.2) is 77.9 Å². The Morgan fingerprint density at radius 2 is 1.76 bits per heavy atom. The standard InChI is InChI=1S/C22H30ClN3O3/c1-16(17-2-3-17)26(19-6-7-19)21(27)14-24-10-12-25(13-11-24)22(28)15-29-20-8-4-18(23)5-9-20/h4-5,8-9,16-17,19H,2-3,6-7,10-15H2,1H3. The number of nitrogens with zero attached hydrogens (tertiary/aromatic N) is 3. The lowest BCUT2D eigenvalue weighted by molar-refractivity contribution is -0.138. The molecule has 2 aliphatic carbocycles. The van der Waals surface area contributed by atoms with E-state index in [1.807, 2.05) is 4.90 Å². The highest BCUT2D eigenvalue weighted by Gasteiger charge is 2.41. The molecule has 2 saturated carbocycles. The van der Waals surface area contributed by atoms with Gasteiger partial charge in [0.2, 0.25) is 5.91 Å². The van der Waals surface area contributed by atoms with Gasteiger partial charge in [0, 0.05) is 43.3 Å². The lowest BCUT2D eigenvalue weighted by Crippen LogP contribution is -2.53. The van der Waals surface area contributed by atoms with Crippen molar-refractivity contribution in [2.24, 2.45) is 5.92 Å². The third-order valence-electron chi connectivity index (χ3n) is 6.23. The molecule has 1 saturated heterocycles. The van der Waals surface area contributed by atoms with E-state index < -0.39 is 0 Å². The zero-order valence-electron chi connectivity index (χ0n) is 17.1. The lowest BCUT2D eigenvalue weighted by atomic mass is 10.1. The third kappa shape index (κ3) is 5.43. The van der Waals surface area contributed by atoms with E-state index in [0.717, 1.165) is 25.9 Å². The van der Waals surface area contributed by atoms with Gasteiger partial charge in [-0.1, -0.05) is 11.6 Å². The van der Waals surface area contributed by atoms with Crippen molar-refractivity contribution in [1.29, 1.82) is 0 Å². The Morgan fingerprint density at radius 3 is 2.34 bits per heavy atom. The van der Waals surface area contributed by atoms with Crippen LogP contribution < -0.4 is 4.74 Å². The predicted octanol–water partition coefficient (Wildman–Crippen LogP) is 2.65. The summed E-state index contributed by atoms with van der Waals surface area (Å²) >= 11 is 5.86. The van der Waals surface area contributed by atoms with Crippen LogP contribution in [0.15, 0.2) is 24.3 Å². The molecule has 0 bridgehead atoms. The van der Waals surface area contributed by atoms with Crippen molar-refractivity contribution in [3.8, 4) is 5.75 Å². The van der Waals surface area contributed by atoms with Gasteiger partial charge in [-0.2, -0.15) is 0 Å². The normalized spacial score (nSPS) is 21.0. The van der Waals surface area contributed by atoms with Gasteiger partial charge in [-0.05, 0) is 62.8 Å². The molecule has 3 aliphatic rings. The van der Waals surface area contributed by atoms with Crippen molar-refractivity contribution >= 4 is 23.4 Å². The molecule has 0 aromatic heterocycles. The first-order chi connectivity index (χ1) is 14.0. The van der Waals surface area contributed by atoms with Crippen LogP contribution >= 0.6 is 11.6 Å². The molecule has 1 heterocycles. The summed E-state index contributed by atoms with van der Waals surface area (Å²) in [7, 11) is 0. The molecule has 1 aromatic carbocycles. The lowest BCUT2D eigenvalue weighted by Gasteiger charge is -2.36. The molecule has 6 nitrogen and oxygen atoms in total. The van der Waals surface area contributed by atoms with Crippen molar-refractivity contribution < 1.29 is 14.3 Å². The van der Waals surface area contributed by atoms with Gasteiger partial charge >= 0.3 is 0 Å². The molecule has 1 unspecified atom stereocenters. The quantitative estimate of drug-likeness (QED) is 0.650. The maximum atomic E-state index is 12.9. The first-order valence-corrected chi connectivity index (χ1v) is 11.1. The van der Waals surface area contributed by atoms with Gasteiger partial charge in [-0.25, -0.2) is 0 Å². The number of rotatable bonds is 8. The topological polar surface area (TPSA) is 53.1 Å². The average molecular weight is 420 g/mol. The Balaban J connectivity index is 1.21. The Labute approximate surface area is 177 Å². The SMILES string of the molecule is CC(C1CC1)N(C(=O)CN1CCN(C(=O)COc2ccc(Cl)cc2)CC1)C1CC1. The molecular weight excluding hydrogens is 390 g/mol. The van der Waals surface area contributed by atoms with Crippen molar-refractivity contribution in [3.63, 3.8) is 0 Å². The van der Waals surface area contributed by atoms with Gasteiger partial charge < -0.3 is 14.5 Å². The van der Waals surface area contributed by atoms with Gasteiger partial charge in [0.05, 0.1) is 6.54 Å². The smallest absolute Gasteiger partial charge is 0.260 e. The number of benzene rings is 1. The number of carbonyl (C=O) groups excluding carboxylic acids is 2. The van der Waals surface area contributed by atoms with Crippen molar-refractivity contribution in [2.75, 3.05) is 39.3 Å². The molecule has 0 N–H and O–H groups in total. The minimum atomic E-state index is -0.0205. The molecule has 1 atom stereocenters. The second kappa shape index (κ2) is 8.92. The van der Waals surface area contributed by atoms with Crippen LogP contribution in [0.5, 0.6) is 5.75 Å². The highest BCUT2D eigenvalue weighted by molar-refractivity contribution is 6.30. The third-order valence-corrected chi connectivity index (χ3v) is 6.48. The van der Waals surface area contributed by atoms with Gasteiger partial charge in [-0.3, -0.25) is 14.5 Å². The Bertz CT molecular complexity index is 725. The summed E-state index contributed by atoms with van der Waals surface area (Å²) in [5, 5.41) is 0.640. The van der Waals surface area contributed by atoms with E-state index in [4.69, 9.17) is 16.3 Å². The largest absolute Gasteiger partial charge is 0.484 e. The first-order valence-electron chi connectivity index (χ1n) is 10.7. The summed E-state index contributed by atoms with van der Waals surface area (Å²) in [6.45, 7) is 5.44. The molecule has 1 aliphatic heterocycles. The summed E-state index contributed by atoms with van der Waals surface area (Å²) in [5.74, 6) is 1.58. The monoisotopic (exact) mass is 419 g/mol. The van der Waals surface area contributed by atoms with E-state index in [2.05, 4.69) is 16.7 Å². The minimum Gasteiger partial charge on any atom is -0.484 e. The average Bonchev–Trinajstić information content (AvgIpc) is 3.61. The molecule has 29 heavy (non-hydrogen) atoms. The van der Waals surface area contributed by atoms with Crippen molar-refractivity contribution in [1.82, 2.24) is 14.7 Å². The van der Waals surface area contributed by atoms with E-state index >= 15 is 0 Å². The van der Waals surface area contributed by atoms with E-state index in [1.165, 1.54) is 12.8 Å². The number of hydrogen-bond acceptors (Lipinski definition) is 4. The van der Waals surface area contributed by atoms with Crippen LogP contribution in [0.2, 0.25) is 5.02 Å². The fraction of sp³-hybridized carbons (Fsp3) is 0.636. The Kier molecular flexibility index (Phi) is 6.30. The molecule has 3 fully saturated rings. The summed E-state index contributed by atoms with van der Waals surface area (Å²) in [5.41, 5.74) is 0. The van der Waals surface area contributed by atoms with E-state index in [0.29, 0.717) is 48.4 Å². The fourth-order valence-electron chi connectivity index (χ4n) is 4.12. The predicted molar refractivity (Wildman–Crippen MR) is 112 cm³/mol. The summed E-state index contributed by atoms with van der Waals surface area (Å²) < 4.78 is 5.56. The maximum Gasteiger partial charge on any atom is 0.260 e. The number of carbonyl (C=O) groups is 2. The molecule has 0 radical (unpaired) electrons. The molecular formula is C22H30ClN3O3. The van der Waals surface area contributed by atoms with Crippen LogP contribution in [0.25, 0.3) is 0 Å². The van der Waals surface area contributed by atoms with Crippen LogP contribution in [0, 0.1) is 5.92 Å². The van der Waals surface area contributed by atoms with Gasteiger partial charge in [0.25, 0.3) is 5.91 Å². The zero-order valence-corrected chi connectivity index (χ0v) is 17.8. The van der Waals surface area contributed by atoms with E-state index in [9.17, 15) is 9.59 Å². The molecule has 7 heteroatoms. The van der Waals surface area contributed by atoms with Crippen molar-refractivity contribution in [2.45, 2.75) is 44.7 Å². The van der Waals surface area contributed by atoms with Crippen molar-refractivity contribution in [3.05, 3.63) is 29.3 Å². The maximum absolute atomic E-state index is 12.9. The van der Waals surface area contributed by atoms with Gasteiger partial charge in [0.15, 0.2) is 6.61 Å².